The molecule has 2 fully saturated rings. The van der Waals surface area contributed by atoms with Crippen LogP contribution >= 0.6 is 0 Å². The van der Waals surface area contributed by atoms with Crippen LogP contribution in [0.2, 0.25) is 0 Å². The highest BCUT2D eigenvalue weighted by Gasteiger charge is 2.34. The molecule has 4 heterocycles. The fourth-order valence-corrected chi connectivity index (χ4v) is 5.22. The van der Waals surface area contributed by atoms with E-state index in [1.165, 1.54) is 11.6 Å². The summed E-state index contributed by atoms with van der Waals surface area (Å²) >= 11 is 0. The smallest absolute Gasteiger partial charge is 0.363 e. The molecule has 1 atom stereocenters. The molecular weight excluding hydrogens is 445 g/mol. The monoisotopic (exact) mass is 474 g/mol. The molecule has 0 bridgehead atoms. The number of benzene rings is 1. The molecule has 0 saturated carbocycles. The quantitative estimate of drug-likeness (QED) is 0.683. The lowest BCUT2D eigenvalue weighted by atomic mass is 9.97. The van der Waals surface area contributed by atoms with Crippen molar-refractivity contribution in [2.24, 2.45) is 0 Å². The molecule has 2 aromatic rings. The Morgan fingerprint density at radius 1 is 0.941 bits per heavy atom. The molecule has 34 heavy (non-hydrogen) atoms. The lowest BCUT2D eigenvalue weighted by Gasteiger charge is -2.43. The molecule has 1 amide bonds. The minimum atomic E-state index is -4.37. The zero-order valence-electron chi connectivity index (χ0n) is 19.0. The van der Waals surface area contributed by atoms with Crippen LogP contribution in [0.15, 0.2) is 42.6 Å². The number of halogens is 3. The van der Waals surface area contributed by atoms with Gasteiger partial charge >= 0.3 is 6.18 Å². The van der Waals surface area contributed by atoms with Crippen molar-refractivity contribution >= 4 is 11.7 Å². The first-order valence-electron chi connectivity index (χ1n) is 11.9. The van der Waals surface area contributed by atoms with Gasteiger partial charge in [-0.3, -0.25) is 9.69 Å². The molecule has 182 valence electrons. The van der Waals surface area contributed by atoms with Crippen LogP contribution in [0.1, 0.15) is 29.5 Å². The Labute approximate surface area is 197 Å². The molecule has 3 aliphatic heterocycles. The number of alkyl halides is 3. The van der Waals surface area contributed by atoms with Gasteiger partial charge in [0.05, 0.1) is 12.2 Å². The number of amides is 1. The topological polar surface area (TPSA) is 48.9 Å². The highest BCUT2D eigenvalue weighted by Crippen LogP contribution is 2.30. The van der Waals surface area contributed by atoms with E-state index in [4.69, 9.17) is 4.74 Å². The lowest BCUT2D eigenvalue weighted by molar-refractivity contribution is -0.147. The van der Waals surface area contributed by atoms with Crippen LogP contribution in [-0.4, -0.2) is 72.1 Å². The summed E-state index contributed by atoms with van der Waals surface area (Å²) in [5.41, 5.74) is 1.64. The number of carbonyl (C=O) groups excluding carboxylic acids is 1. The van der Waals surface area contributed by atoms with Crippen LogP contribution in [0, 0.1) is 0 Å². The summed E-state index contributed by atoms with van der Waals surface area (Å²) in [4.78, 5) is 23.5. The van der Waals surface area contributed by atoms with Gasteiger partial charge in [0.2, 0.25) is 0 Å². The molecular formula is C25H29F3N4O2. The minimum Gasteiger partial charge on any atom is -0.363 e. The molecule has 1 aromatic carbocycles. The van der Waals surface area contributed by atoms with E-state index >= 15 is 0 Å². The number of likely N-dealkylation sites (tertiary alicyclic amines) is 1. The van der Waals surface area contributed by atoms with Gasteiger partial charge in [0.25, 0.3) is 5.91 Å². The van der Waals surface area contributed by atoms with E-state index in [1.54, 1.807) is 0 Å². The maximum absolute atomic E-state index is 13.0. The number of aromatic nitrogens is 1. The van der Waals surface area contributed by atoms with Gasteiger partial charge in [-0.05, 0) is 36.1 Å². The summed E-state index contributed by atoms with van der Waals surface area (Å²) in [7, 11) is 0. The molecule has 3 aliphatic rings. The van der Waals surface area contributed by atoms with Crippen LogP contribution in [0.4, 0.5) is 19.0 Å². The Morgan fingerprint density at radius 3 is 2.29 bits per heavy atom. The van der Waals surface area contributed by atoms with Crippen molar-refractivity contribution in [3.8, 4) is 0 Å². The molecule has 0 N–H and O–H groups in total. The maximum atomic E-state index is 13.0. The average Bonchev–Trinajstić information content (AvgIpc) is 2.88. The van der Waals surface area contributed by atoms with Gasteiger partial charge in [0.15, 0.2) is 0 Å². The molecule has 1 aromatic heterocycles. The van der Waals surface area contributed by atoms with Crippen LogP contribution in [0.5, 0.6) is 0 Å². The molecule has 0 aliphatic carbocycles. The van der Waals surface area contributed by atoms with Gasteiger partial charge in [0.1, 0.15) is 11.9 Å². The van der Waals surface area contributed by atoms with Crippen molar-refractivity contribution in [3.63, 3.8) is 0 Å². The second-order valence-electron chi connectivity index (χ2n) is 9.25. The molecule has 0 spiro atoms. The van der Waals surface area contributed by atoms with E-state index < -0.39 is 17.8 Å². The van der Waals surface area contributed by atoms with Crippen molar-refractivity contribution in [1.29, 1.82) is 0 Å². The zero-order chi connectivity index (χ0) is 23.7. The van der Waals surface area contributed by atoms with Gasteiger partial charge in [-0.25, -0.2) is 4.98 Å². The van der Waals surface area contributed by atoms with Gasteiger partial charge in [-0.2, -0.15) is 13.2 Å². The molecule has 9 heteroatoms. The van der Waals surface area contributed by atoms with Gasteiger partial charge < -0.3 is 14.5 Å². The fourth-order valence-electron chi connectivity index (χ4n) is 5.22. The summed E-state index contributed by atoms with van der Waals surface area (Å²) in [5, 5.41) is 0. The maximum Gasteiger partial charge on any atom is 0.417 e. The SMILES string of the molecule is O=C([C@@H]1Cc2ccccc2CO1)N1CCC(N2CCN(c3ccc(C(F)(F)F)cn3)CC2)CC1. The first-order valence-corrected chi connectivity index (χ1v) is 11.9. The number of fused-ring (bicyclic) bond motifs is 1. The summed E-state index contributed by atoms with van der Waals surface area (Å²) in [6, 6.07) is 11.1. The molecule has 2 saturated heterocycles. The standard InChI is InChI=1S/C25H29F3N4O2/c26-25(27,28)20-5-6-23(29-16-20)31-13-11-30(12-14-31)21-7-9-32(10-8-21)24(33)22-15-18-3-1-2-4-19(18)17-34-22/h1-6,16,21-22H,7-15,17H2/t22-/m0/s1. The van der Waals surface area contributed by atoms with Crippen molar-refractivity contribution in [3.05, 3.63) is 59.3 Å². The third-order valence-corrected chi connectivity index (χ3v) is 7.25. The van der Waals surface area contributed by atoms with E-state index in [0.29, 0.717) is 24.9 Å². The van der Waals surface area contributed by atoms with Crippen LogP contribution < -0.4 is 4.90 Å². The summed E-state index contributed by atoms with van der Waals surface area (Å²) in [6.45, 7) is 5.08. The molecule has 0 unspecified atom stereocenters. The number of rotatable bonds is 3. The van der Waals surface area contributed by atoms with E-state index in [1.807, 2.05) is 21.9 Å². The molecule has 5 rings (SSSR count). The number of ether oxygens (including phenoxy) is 1. The number of piperidine rings is 1. The summed E-state index contributed by atoms with van der Waals surface area (Å²) < 4.78 is 44.2. The molecule has 0 radical (unpaired) electrons. The Morgan fingerprint density at radius 2 is 1.65 bits per heavy atom. The third-order valence-electron chi connectivity index (χ3n) is 7.25. The second-order valence-corrected chi connectivity index (χ2v) is 9.25. The van der Waals surface area contributed by atoms with Gasteiger partial charge in [-0.1, -0.05) is 24.3 Å². The predicted molar refractivity (Wildman–Crippen MR) is 121 cm³/mol. The fraction of sp³-hybridized carbons (Fsp3) is 0.520. The third kappa shape index (κ3) is 4.90. The second kappa shape index (κ2) is 9.54. The highest BCUT2D eigenvalue weighted by molar-refractivity contribution is 5.81. The summed E-state index contributed by atoms with van der Waals surface area (Å²) in [5.74, 6) is 0.674. The number of carbonyl (C=O) groups is 1. The number of piperazine rings is 1. The summed E-state index contributed by atoms with van der Waals surface area (Å²) in [6.07, 6.45) is -1.38. The first-order chi connectivity index (χ1) is 16.4. The van der Waals surface area contributed by atoms with Crippen molar-refractivity contribution in [1.82, 2.24) is 14.8 Å². The Hall–Kier alpha value is -2.65. The van der Waals surface area contributed by atoms with E-state index in [0.717, 1.165) is 69.9 Å². The largest absolute Gasteiger partial charge is 0.417 e. The van der Waals surface area contributed by atoms with Crippen LogP contribution in [0.3, 0.4) is 0 Å². The Balaban J connectivity index is 1.09. The zero-order valence-corrected chi connectivity index (χ0v) is 19.0. The average molecular weight is 475 g/mol. The number of hydrogen-bond acceptors (Lipinski definition) is 5. The number of anilines is 1. The lowest BCUT2D eigenvalue weighted by Crippen LogP contribution is -2.55. The number of pyridine rings is 1. The normalized spacial score (nSPS) is 22.5. The molecule has 6 nitrogen and oxygen atoms in total. The minimum absolute atomic E-state index is 0.0890. The van der Waals surface area contributed by atoms with Crippen LogP contribution in [0.25, 0.3) is 0 Å². The predicted octanol–water partition coefficient (Wildman–Crippen LogP) is 3.35. The van der Waals surface area contributed by atoms with E-state index in [2.05, 4.69) is 22.0 Å². The van der Waals surface area contributed by atoms with E-state index in [-0.39, 0.29) is 5.91 Å². The Bertz CT molecular complexity index is 998. The highest BCUT2D eigenvalue weighted by atomic mass is 19.4. The Kier molecular flexibility index (Phi) is 6.48. The van der Waals surface area contributed by atoms with Gasteiger partial charge in [-0.15, -0.1) is 0 Å². The number of nitrogens with zero attached hydrogens (tertiary/aromatic N) is 4. The van der Waals surface area contributed by atoms with Gasteiger partial charge in [0, 0.05) is 57.9 Å². The van der Waals surface area contributed by atoms with Crippen molar-refractivity contribution < 1.29 is 22.7 Å². The van der Waals surface area contributed by atoms with Crippen molar-refractivity contribution in [2.75, 3.05) is 44.2 Å². The number of hydrogen-bond donors (Lipinski definition) is 0. The van der Waals surface area contributed by atoms with Crippen molar-refractivity contribution in [2.45, 2.75) is 44.2 Å². The van der Waals surface area contributed by atoms with Crippen LogP contribution in [-0.2, 0) is 28.7 Å². The first kappa shape index (κ1) is 23.1. The van der Waals surface area contributed by atoms with E-state index in [9.17, 15) is 18.0 Å².